The fourth-order valence-electron chi connectivity index (χ4n) is 4.87. The molecule has 3 aromatic carbocycles. The van der Waals surface area contributed by atoms with Crippen LogP contribution in [0, 0.1) is 10.8 Å². The molecule has 5 rings (SSSR count). The van der Waals surface area contributed by atoms with Crippen LogP contribution in [0.2, 0.25) is 0 Å². The number of nitrogens with one attached hydrogen (secondary N) is 2. The Balaban J connectivity index is 0.000000324. The van der Waals surface area contributed by atoms with Crippen molar-refractivity contribution >= 4 is 17.8 Å². The number of methoxy groups -OCH3 is 1. The number of aliphatic hydroxyl groups excluding tert-OH is 1. The average molecular weight is 545 g/mol. The van der Waals surface area contributed by atoms with Crippen molar-refractivity contribution in [3.63, 3.8) is 0 Å². The fraction of sp³-hybridized carbons (Fsp3) is 0.241. The number of allylic oxidation sites excluding steroid dienone is 2. The van der Waals surface area contributed by atoms with Gasteiger partial charge in [0, 0.05) is 51.9 Å². The van der Waals surface area contributed by atoms with E-state index in [1.54, 1.807) is 31.4 Å². The zero-order chi connectivity index (χ0) is 25.7. The van der Waals surface area contributed by atoms with Gasteiger partial charge in [0.05, 0.1) is 7.11 Å². The van der Waals surface area contributed by atoms with Crippen LogP contribution in [0.4, 0.5) is 5.69 Å². The molecule has 0 aliphatic carbocycles. The minimum atomic E-state index is -0.379. The first-order chi connectivity index (χ1) is 17.4. The second-order valence-electron chi connectivity index (χ2n) is 8.72. The Labute approximate surface area is 227 Å². The quantitative estimate of drug-likeness (QED) is 0.267. The summed E-state index contributed by atoms with van der Waals surface area (Å²) in [6, 6.07) is 21.0. The van der Waals surface area contributed by atoms with E-state index in [1.165, 1.54) is 17.5 Å². The van der Waals surface area contributed by atoms with Crippen LogP contribution in [0.1, 0.15) is 30.5 Å². The van der Waals surface area contributed by atoms with Crippen LogP contribution in [0.3, 0.4) is 0 Å². The Hall–Kier alpha value is -3.75. The number of anilines is 1. The van der Waals surface area contributed by atoms with Crippen molar-refractivity contribution in [1.29, 1.82) is 10.8 Å². The van der Waals surface area contributed by atoms with Gasteiger partial charge < -0.3 is 29.6 Å². The van der Waals surface area contributed by atoms with Crippen LogP contribution in [0.15, 0.2) is 78.5 Å². The average Bonchev–Trinajstić information content (AvgIpc) is 3.47. The van der Waals surface area contributed by atoms with Crippen molar-refractivity contribution in [2.45, 2.75) is 25.7 Å². The number of para-hydroxylation sites is 1. The van der Waals surface area contributed by atoms with Crippen LogP contribution in [-0.4, -0.2) is 37.7 Å². The molecule has 2 heterocycles. The van der Waals surface area contributed by atoms with Gasteiger partial charge in [0.1, 0.15) is 5.75 Å². The third-order valence-corrected chi connectivity index (χ3v) is 6.57. The minimum Gasteiger partial charge on any atom is -0.497 e. The fourth-order valence-corrected chi connectivity index (χ4v) is 4.87. The van der Waals surface area contributed by atoms with E-state index in [0.717, 1.165) is 41.5 Å². The van der Waals surface area contributed by atoms with Crippen molar-refractivity contribution in [2.75, 3.05) is 25.3 Å². The first-order valence-electron chi connectivity index (χ1n) is 11.8. The maximum atomic E-state index is 8.61. The Bertz CT molecular complexity index is 1300. The molecule has 0 saturated heterocycles. The second-order valence-corrected chi connectivity index (χ2v) is 8.72. The number of rotatable bonds is 6. The maximum Gasteiger partial charge on any atom is 0.231 e. The Kier molecular flexibility index (Phi) is 9.02. The Morgan fingerprint density at radius 2 is 1.86 bits per heavy atom. The number of fused-ring (bicyclic) bond motifs is 2. The molecule has 0 saturated carbocycles. The molecule has 37 heavy (non-hydrogen) atoms. The van der Waals surface area contributed by atoms with E-state index in [0.29, 0.717) is 5.56 Å². The van der Waals surface area contributed by atoms with E-state index in [1.807, 2.05) is 30.3 Å². The second kappa shape index (κ2) is 12.0. The van der Waals surface area contributed by atoms with Gasteiger partial charge in [-0.25, -0.2) is 0 Å². The number of hydrogen-bond donors (Lipinski definition) is 3. The number of ether oxygens (including phenoxy) is 3. The molecule has 0 bridgehead atoms. The molecule has 195 valence electrons. The molecule has 0 aromatic heterocycles. The van der Waals surface area contributed by atoms with Gasteiger partial charge in [-0.2, -0.15) is 0 Å². The number of nitrogens with zero attached hydrogens (tertiary/aromatic N) is 1. The van der Waals surface area contributed by atoms with Gasteiger partial charge in [-0.3, -0.25) is 5.41 Å². The van der Waals surface area contributed by atoms with Crippen LogP contribution in [-0.2, 0) is 28.6 Å². The summed E-state index contributed by atoms with van der Waals surface area (Å²) >= 11 is 0. The molecule has 3 aromatic rings. The third-order valence-electron chi connectivity index (χ3n) is 6.57. The van der Waals surface area contributed by atoms with Gasteiger partial charge in [0.15, 0.2) is 11.5 Å². The molecular formula is C29H31CoN3O4. The SMILES string of the molecule is CCN1/C(=C\C=N)C(C)(Cc2cccc3c2OCO3)c2cc(OC)ccc21.N=C(O)c1ccccc1.[Co]. The van der Waals surface area contributed by atoms with Gasteiger partial charge in [-0.15, -0.1) is 0 Å². The summed E-state index contributed by atoms with van der Waals surface area (Å²) in [4.78, 5) is 2.28. The molecular weight excluding hydrogens is 513 g/mol. The van der Waals surface area contributed by atoms with E-state index in [2.05, 4.69) is 36.9 Å². The Morgan fingerprint density at radius 1 is 1.11 bits per heavy atom. The summed E-state index contributed by atoms with van der Waals surface area (Å²) in [7, 11) is 1.69. The Morgan fingerprint density at radius 3 is 2.49 bits per heavy atom. The van der Waals surface area contributed by atoms with Crippen LogP contribution >= 0.6 is 0 Å². The van der Waals surface area contributed by atoms with Gasteiger partial charge >= 0.3 is 0 Å². The van der Waals surface area contributed by atoms with Crippen molar-refractivity contribution in [3.8, 4) is 17.2 Å². The molecule has 0 amide bonds. The molecule has 7 nitrogen and oxygen atoms in total. The number of benzene rings is 3. The maximum absolute atomic E-state index is 8.61. The predicted octanol–water partition coefficient (Wildman–Crippen LogP) is 5.87. The van der Waals surface area contributed by atoms with Gasteiger partial charge in [-0.1, -0.05) is 30.3 Å². The molecule has 1 atom stereocenters. The number of likely N-dealkylation sites (N-methyl/N-ethyl adjacent to an activating group) is 1. The predicted molar refractivity (Wildman–Crippen MR) is 142 cm³/mol. The molecule has 2 aliphatic heterocycles. The summed E-state index contributed by atoms with van der Waals surface area (Å²) in [6.45, 7) is 5.46. The topological polar surface area (TPSA) is 98.9 Å². The van der Waals surface area contributed by atoms with E-state index in [-0.39, 0.29) is 34.9 Å². The molecule has 3 N–H and O–H groups in total. The molecule has 8 heteroatoms. The van der Waals surface area contributed by atoms with Crippen molar-refractivity contribution < 1.29 is 36.1 Å². The zero-order valence-corrected chi connectivity index (χ0v) is 22.1. The van der Waals surface area contributed by atoms with Crippen molar-refractivity contribution in [2.24, 2.45) is 0 Å². The summed E-state index contributed by atoms with van der Waals surface area (Å²) in [5.41, 5.74) is 4.83. The van der Waals surface area contributed by atoms with Gasteiger partial charge in [-0.05, 0) is 73.9 Å². The molecule has 1 unspecified atom stereocenters. The third kappa shape index (κ3) is 5.50. The van der Waals surface area contributed by atoms with E-state index in [9.17, 15) is 0 Å². The van der Waals surface area contributed by atoms with Gasteiger partial charge in [0.25, 0.3) is 0 Å². The zero-order valence-electron chi connectivity index (χ0n) is 21.1. The first kappa shape index (κ1) is 27.8. The first-order valence-corrected chi connectivity index (χ1v) is 11.8. The minimum absolute atomic E-state index is 0. The van der Waals surface area contributed by atoms with Crippen LogP contribution < -0.4 is 19.1 Å². The summed E-state index contributed by atoms with van der Waals surface area (Å²) in [5.74, 6) is 2.08. The molecule has 0 spiro atoms. The molecule has 1 radical (unpaired) electrons. The van der Waals surface area contributed by atoms with E-state index >= 15 is 0 Å². The van der Waals surface area contributed by atoms with Crippen molar-refractivity contribution in [1.82, 2.24) is 0 Å². The normalized spacial score (nSPS) is 17.8. The number of hydrogen-bond acceptors (Lipinski definition) is 6. The summed E-state index contributed by atoms with van der Waals surface area (Å²) < 4.78 is 16.8. The monoisotopic (exact) mass is 544 g/mol. The van der Waals surface area contributed by atoms with Crippen molar-refractivity contribution in [3.05, 3.63) is 95.2 Å². The standard InChI is InChI=1S/C22H24N2O3.C7H7NO.Co/c1-4-24-18-9-8-16(25-3)12-17(18)22(2,20(24)10-11-23)13-15-6-5-7-19-21(15)27-14-26-19;8-7(9)6-4-2-1-3-5-6;/h5-12,23H,4,13-14H2,1-3H3;1-5H,(H2,8,9);/b20-10-,23-11?;;. The van der Waals surface area contributed by atoms with E-state index < -0.39 is 0 Å². The van der Waals surface area contributed by atoms with Gasteiger partial charge in [0.2, 0.25) is 12.7 Å². The summed E-state index contributed by atoms with van der Waals surface area (Å²) in [6.07, 6.45) is 4.01. The summed E-state index contributed by atoms with van der Waals surface area (Å²) in [5, 5.41) is 23.1. The van der Waals surface area contributed by atoms with Crippen LogP contribution in [0.5, 0.6) is 17.2 Å². The molecule has 2 aliphatic rings. The van der Waals surface area contributed by atoms with E-state index in [4.69, 9.17) is 30.1 Å². The van der Waals surface area contributed by atoms with Crippen LogP contribution in [0.25, 0.3) is 0 Å². The number of aliphatic hydroxyl groups is 1. The largest absolute Gasteiger partial charge is 0.497 e. The molecule has 0 fully saturated rings. The smallest absolute Gasteiger partial charge is 0.231 e.